The van der Waals surface area contributed by atoms with Gasteiger partial charge in [0, 0.05) is 70.1 Å². The van der Waals surface area contributed by atoms with Gasteiger partial charge in [0.05, 0.1) is 0 Å². The van der Waals surface area contributed by atoms with Crippen molar-refractivity contribution in [1.29, 1.82) is 0 Å². The topological polar surface area (TPSA) is 36.0 Å². The second-order valence-corrected chi connectivity index (χ2v) is 8.90. The van der Waals surface area contributed by atoms with Crippen molar-refractivity contribution in [3.05, 3.63) is 66.0 Å². The highest BCUT2D eigenvalue weighted by Gasteiger charge is 2.42. The van der Waals surface area contributed by atoms with Crippen molar-refractivity contribution in [2.45, 2.75) is 38.3 Å². The predicted octanol–water partition coefficient (Wildman–Crippen LogP) is 3.94. The Morgan fingerprint density at radius 3 is 2.28 bits per heavy atom. The minimum absolute atomic E-state index is 0.0686. The average Bonchev–Trinajstić information content (AvgIpc) is 2.85. The Labute approximate surface area is 190 Å². The summed E-state index contributed by atoms with van der Waals surface area (Å²) in [5.74, 6) is -0.0263. The molecule has 0 atom stereocenters. The van der Waals surface area contributed by atoms with E-state index in [1.54, 1.807) is 0 Å². The smallest absolute Gasteiger partial charge is 0.226 e. The van der Waals surface area contributed by atoms with Gasteiger partial charge in [-0.15, -0.1) is 0 Å². The van der Waals surface area contributed by atoms with E-state index in [4.69, 9.17) is 4.74 Å². The number of hydrogen-bond acceptors (Lipinski definition) is 4. The van der Waals surface area contributed by atoms with Crippen molar-refractivity contribution < 1.29 is 13.9 Å². The molecule has 0 aromatic heterocycles. The Hall–Kier alpha value is -2.28. The molecule has 1 amide bonds. The summed E-state index contributed by atoms with van der Waals surface area (Å²) in [7, 11) is 0. The molecule has 0 saturated carbocycles. The third kappa shape index (κ3) is 5.37. The molecule has 5 nitrogen and oxygen atoms in total. The lowest BCUT2D eigenvalue weighted by atomic mass is 9.86. The lowest BCUT2D eigenvalue weighted by Crippen LogP contribution is -2.63. The molecule has 2 heterocycles. The number of piperazine rings is 1. The van der Waals surface area contributed by atoms with Gasteiger partial charge in [-0.1, -0.05) is 37.3 Å². The Kier molecular flexibility index (Phi) is 7.55. The highest BCUT2D eigenvalue weighted by Crippen LogP contribution is 2.32. The van der Waals surface area contributed by atoms with Gasteiger partial charge < -0.3 is 9.64 Å². The molecular weight excluding hydrogens is 405 g/mol. The van der Waals surface area contributed by atoms with Crippen LogP contribution in [0.3, 0.4) is 0 Å². The van der Waals surface area contributed by atoms with Gasteiger partial charge in [-0.3, -0.25) is 14.6 Å². The average molecular weight is 440 g/mol. The van der Waals surface area contributed by atoms with Crippen molar-refractivity contribution in [1.82, 2.24) is 9.80 Å². The van der Waals surface area contributed by atoms with Crippen LogP contribution in [-0.2, 0) is 16.1 Å². The van der Waals surface area contributed by atoms with Crippen LogP contribution in [-0.4, -0.2) is 67.2 Å². The first-order valence-electron chi connectivity index (χ1n) is 11.7. The fourth-order valence-electron chi connectivity index (χ4n) is 4.97. The van der Waals surface area contributed by atoms with Crippen LogP contribution in [0.4, 0.5) is 10.1 Å². The van der Waals surface area contributed by atoms with Gasteiger partial charge >= 0.3 is 0 Å². The van der Waals surface area contributed by atoms with Crippen LogP contribution >= 0.6 is 0 Å². The van der Waals surface area contributed by atoms with Gasteiger partial charge in [-0.2, -0.15) is 0 Å². The number of anilines is 1. The lowest BCUT2D eigenvalue weighted by molar-refractivity contribution is -0.119. The summed E-state index contributed by atoms with van der Waals surface area (Å²) in [6.45, 7) is 8.80. The Morgan fingerprint density at radius 2 is 1.66 bits per heavy atom. The maximum absolute atomic E-state index is 13.2. The van der Waals surface area contributed by atoms with E-state index in [1.165, 1.54) is 12.1 Å². The van der Waals surface area contributed by atoms with Gasteiger partial charge in [0.1, 0.15) is 5.82 Å². The van der Waals surface area contributed by atoms with E-state index in [1.807, 2.05) is 54.3 Å². The van der Waals surface area contributed by atoms with E-state index < -0.39 is 0 Å². The van der Waals surface area contributed by atoms with Gasteiger partial charge in [0.25, 0.3) is 0 Å². The van der Waals surface area contributed by atoms with E-state index in [-0.39, 0.29) is 17.3 Å². The molecule has 0 radical (unpaired) electrons. The standard InChI is InChI=1S/C26H34FN3O2/c1-2-25(31)30(24-6-4-3-5-7-24)21-26(12-18-32-19-13-26)29-16-14-28(15-17-29)20-22-8-10-23(27)11-9-22/h3-11H,2,12-21H2,1H3. The van der Waals surface area contributed by atoms with E-state index >= 15 is 0 Å². The molecule has 6 heteroatoms. The SMILES string of the molecule is CCC(=O)N(CC1(N2CCN(Cc3ccc(F)cc3)CC2)CCOCC1)c1ccccc1. The molecule has 2 aliphatic rings. The van der Waals surface area contributed by atoms with E-state index in [2.05, 4.69) is 9.80 Å². The van der Waals surface area contributed by atoms with E-state index in [0.29, 0.717) is 13.0 Å². The number of carbonyl (C=O) groups excluding carboxylic acids is 1. The lowest BCUT2D eigenvalue weighted by Gasteiger charge is -2.51. The van der Waals surface area contributed by atoms with Crippen LogP contribution in [0.1, 0.15) is 31.7 Å². The normalized spacial score (nSPS) is 19.6. The van der Waals surface area contributed by atoms with Crippen molar-refractivity contribution >= 4 is 11.6 Å². The first-order valence-corrected chi connectivity index (χ1v) is 11.7. The summed E-state index contributed by atoms with van der Waals surface area (Å²) in [4.78, 5) is 19.9. The third-order valence-electron chi connectivity index (χ3n) is 6.91. The largest absolute Gasteiger partial charge is 0.381 e. The van der Waals surface area contributed by atoms with Crippen LogP contribution < -0.4 is 4.90 Å². The molecule has 2 aromatic rings. The summed E-state index contributed by atoms with van der Waals surface area (Å²) >= 11 is 0. The van der Waals surface area contributed by atoms with Gasteiger partial charge in [0.2, 0.25) is 5.91 Å². The van der Waals surface area contributed by atoms with Gasteiger partial charge in [-0.05, 0) is 42.7 Å². The number of para-hydroxylation sites is 1. The maximum atomic E-state index is 13.2. The second kappa shape index (κ2) is 10.6. The third-order valence-corrected chi connectivity index (χ3v) is 6.91. The number of benzene rings is 2. The van der Waals surface area contributed by atoms with Crippen molar-refractivity contribution in [3.63, 3.8) is 0 Å². The van der Waals surface area contributed by atoms with Crippen molar-refractivity contribution in [2.24, 2.45) is 0 Å². The summed E-state index contributed by atoms with van der Waals surface area (Å²) in [6.07, 6.45) is 2.36. The molecule has 32 heavy (non-hydrogen) atoms. The summed E-state index contributed by atoms with van der Waals surface area (Å²) in [5, 5.41) is 0. The van der Waals surface area contributed by atoms with Crippen LogP contribution in [0.15, 0.2) is 54.6 Å². The summed E-state index contributed by atoms with van der Waals surface area (Å²) in [6, 6.07) is 16.8. The van der Waals surface area contributed by atoms with Crippen molar-refractivity contribution in [3.8, 4) is 0 Å². The van der Waals surface area contributed by atoms with Gasteiger partial charge in [-0.25, -0.2) is 4.39 Å². The van der Waals surface area contributed by atoms with Gasteiger partial charge in [0.15, 0.2) is 0 Å². The molecule has 0 unspecified atom stereocenters. The zero-order chi connectivity index (χ0) is 22.4. The minimum Gasteiger partial charge on any atom is -0.381 e. The number of ether oxygens (including phenoxy) is 1. The van der Waals surface area contributed by atoms with Crippen LogP contribution in [0.25, 0.3) is 0 Å². The second-order valence-electron chi connectivity index (χ2n) is 8.90. The molecule has 4 rings (SSSR count). The molecule has 2 aliphatic heterocycles. The monoisotopic (exact) mass is 439 g/mol. The number of carbonyl (C=O) groups is 1. The maximum Gasteiger partial charge on any atom is 0.226 e. The minimum atomic E-state index is -0.190. The fourth-order valence-corrected chi connectivity index (χ4v) is 4.97. The quantitative estimate of drug-likeness (QED) is 0.655. The van der Waals surface area contributed by atoms with E-state index in [0.717, 1.165) is 70.0 Å². The molecule has 172 valence electrons. The summed E-state index contributed by atoms with van der Waals surface area (Å²) < 4.78 is 18.9. The Bertz CT molecular complexity index is 860. The zero-order valence-electron chi connectivity index (χ0n) is 19.0. The molecule has 2 aromatic carbocycles. The van der Waals surface area contributed by atoms with Crippen LogP contribution in [0.2, 0.25) is 0 Å². The summed E-state index contributed by atoms with van der Waals surface area (Å²) in [5.41, 5.74) is 2.05. The first-order chi connectivity index (χ1) is 15.6. The number of halogens is 1. The Balaban J connectivity index is 1.47. The van der Waals surface area contributed by atoms with E-state index in [9.17, 15) is 9.18 Å². The predicted molar refractivity (Wildman–Crippen MR) is 125 cm³/mol. The molecule has 2 fully saturated rings. The number of rotatable bonds is 7. The van der Waals surface area contributed by atoms with Crippen LogP contribution in [0, 0.1) is 5.82 Å². The first kappa shape index (κ1) is 22.9. The fraction of sp³-hybridized carbons (Fsp3) is 0.500. The number of nitrogens with zero attached hydrogens (tertiary/aromatic N) is 3. The molecule has 0 aliphatic carbocycles. The zero-order valence-corrected chi connectivity index (χ0v) is 19.0. The number of hydrogen-bond donors (Lipinski definition) is 0. The number of amides is 1. The molecule has 0 bridgehead atoms. The highest BCUT2D eigenvalue weighted by molar-refractivity contribution is 5.93. The van der Waals surface area contributed by atoms with Crippen LogP contribution in [0.5, 0.6) is 0 Å². The Morgan fingerprint density at radius 1 is 1.00 bits per heavy atom. The molecular formula is C26H34FN3O2. The molecule has 0 spiro atoms. The van der Waals surface area contributed by atoms with Crippen molar-refractivity contribution in [2.75, 3.05) is 50.8 Å². The molecule has 2 saturated heterocycles. The highest BCUT2D eigenvalue weighted by atomic mass is 19.1. The molecule has 0 N–H and O–H groups in total.